The number of aryl methyl sites for hydroxylation is 1. The second-order valence-electron chi connectivity index (χ2n) is 4.51. The van der Waals surface area contributed by atoms with E-state index in [4.69, 9.17) is 0 Å². The van der Waals surface area contributed by atoms with E-state index in [0.717, 1.165) is 18.0 Å². The Labute approximate surface area is 110 Å². The number of thioether (sulfide) groups is 1. The van der Waals surface area contributed by atoms with Crippen molar-refractivity contribution in [3.8, 4) is 11.4 Å². The fourth-order valence-electron chi connectivity index (χ4n) is 2.33. The lowest BCUT2D eigenvalue weighted by Gasteiger charge is -2.14. The van der Waals surface area contributed by atoms with Gasteiger partial charge >= 0.3 is 0 Å². The molecule has 0 bridgehead atoms. The second kappa shape index (κ2) is 4.65. The van der Waals surface area contributed by atoms with Crippen molar-refractivity contribution in [2.75, 3.05) is 11.5 Å². The quantitative estimate of drug-likeness (QED) is 0.829. The van der Waals surface area contributed by atoms with Crippen LogP contribution >= 0.6 is 11.8 Å². The number of imidazole rings is 1. The summed E-state index contributed by atoms with van der Waals surface area (Å²) in [4.78, 5) is 16.5. The molecular weight excluding hydrogens is 246 g/mol. The highest BCUT2D eigenvalue weighted by Crippen LogP contribution is 2.30. The van der Waals surface area contributed by atoms with Crippen molar-refractivity contribution in [2.45, 2.75) is 12.5 Å². The molecule has 1 atom stereocenters. The zero-order valence-electron chi connectivity index (χ0n) is 10.2. The maximum atomic E-state index is 12.1. The van der Waals surface area contributed by atoms with Gasteiger partial charge in [-0.1, -0.05) is 0 Å². The van der Waals surface area contributed by atoms with Gasteiger partial charge in [-0.2, -0.15) is 11.8 Å². The van der Waals surface area contributed by atoms with Crippen molar-refractivity contribution in [1.29, 1.82) is 0 Å². The van der Waals surface area contributed by atoms with Gasteiger partial charge in [0.1, 0.15) is 5.82 Å². The van der Waals surface area contributed by atoms with Gasteiger partial charge < -0.3 is 9.13 Å². The first-order valence-electron chi connectivity index (χ1n) is 6.04. The maximum Gasteiger partial charge on any atom is 0.261 e. The first kappa shape index (κ1) is 11.6. The third-order valence-corrected chi connectivity index (χ3v) is 4.48. The first-order valence-corrected chi connectivity index (χ1v) is 7.19. The summed E-state index contributed by atoms with van der Waals surface area (Å²) in [6.45, 7) is 0. The average Bonchev–Trinajstić information content (AvgIpc) is 3.01. The average molecular weight is 261 g/mol. The van der Waals surface area contributed by atoms with E-state index in [1.165, 1.54) is 5.75 Å². The van der Waals surface area contributed by atoms with E-state index in [1.54, 1.807) is 24.0 Å². The molecule has 5 heteroatoms. The molecule has 0 aromatic carbocycles. The summed E-state index contributed by atoms with van der Waals surface area (Å²) < 4.78 is 3.74. The van der Waals surface area contributed by atoms with Crippen LogP contribution in [0.3, 0.4) is 0 Å². The molecule has 2 aromatic heterocycles. The molecule has 1 aliphatic rings. The Morgan fingerprint density at radius 1 is 1.44 bits per heavy atom. The highest BCUT2D eigenvalue weighted by atomic mass is 32.2. The highest BCUT2D eigenvalue weighted by Gasteiger charge is 2.21. The summed E-state index contributed by atoms with van der Waals surface area (Å²) in [5.74, 6) is 3.09. The molecule has 0 spiro atoms. The predicted molar refractivity (Wildman–Crippen MR) is 73.9 cm³/mol. The Morgan fingerprint density at radius 3 is 3.11 bits per heavy atom. The van der Waals surface area contributed by atoms with Crippen molar-refractivity contribution in [3.63, 3.8) is 0 Å². The van der Waals surface area contributed by atoms with Gasteiger partial charge in [-0.3, -0.25) is 4.79 Å². The van der Waals surface area contributed by atoms with Gasteiger partial charge in [-0.05, 0) is 24.3 Å². The molecule has 18 heavy (non-hydrogen) atoms. The van der Waals surface area contributed by atoms with Crippen LogP contribution < -0.4 is 5.56 Å². The molecule has 94 valence electrons. The minimum Gasteiger partial charge on any atom is -0.327 e. The fourth-order valence-corrected chi connectivity index (χ4v) is 3.53. The van der Waals surface area contributed by atoms with Crippen LogP contribution in [0.4, 0.5) is 0 Å². The van der Waals surface area contributed by atoms with E-state index in [-0.39, 0.29) is 5.56 Å². The molecule has 0 radical (unpaired) electrons. The van der Waals surface area contributed by atoms with E-state index < -0.39 is 0 Å². The summed E-state index contributed by atoms with van der Waals surface area (Å²) in [7, 11) is 1.77. The van der Waals surface area contributed by atoms with Gasteiger partial charge in [0.05, 0.1) is 5.56 Å². The summed E-state index contributed by atoms with van der Waals surface area (Å²) in [6.07, 6.45) is 6.69. The lowest BCUT2D eigenvalue weighted by molar-refractivity contribution is 0.565. The Kier molecular flexibility index (Phi) is 2.99. The molecule has 1 unspecified atom stereocenters. The lowest BCUT2D eigenvalue weighted by atomic mass is 10.2. The monoisotopic (exact) mass is 261 g/mol. The summed E-state index contributed by atoms with van der Waals surface area (Å²) in [5.41, 5.74) is 0.692. The topological polar surface area (TPSA) is 39.8 Å². The van der Waals surface area contributed by atoms with E-state index >= 15 is 0 Å². The van der Waals surface area contributed by atoms with Crippen LogP contribution in [-0.2, 0) is 7.05 Å². The summed E-state index contributed by atoms with van der Waals surface area (Å²) >= 11 is 1.96. The van der Waals surface area contributed by atoms with Crippen molar-refractivity contribution < 1.29 is 0 Å². The van der Waals surface area contributed by atoms with E-state index in [0.29, 0.717) is 11.6 Å². The zero-order valence-corrected chi connectivity index (χ0v) is 11.1. The van der Waals surface area contributed by atoms with Gasteiger partial charge in [0.25, 0.3) is 5.56 Å². The molecule has 2 aromatic rings. The van der Waals surface area contributed by atoms with Crippen molar-refractivity contribution in [1.82, 2.24) is 14.1 Å². The third-order valence-electron chi connectivity index (χ3n) is 3.33. The standard InChI is InChI=1S/C13H15N3OS/c1-15-6-2-3-11(13(15)17)12-14-5-7-16(12)10-4-8-18-9-10/h2-3,5-7,10H,4,8-9H2,1H3. The van der Waals surface area contributed by atoms with Crippen LogP contribution in [-0.4, -0.2) is 25.6 Å². The molecule has 1 saturated heterocycles. The smallest absolute Gasteiger partial charge is 0.261 e. The Balaban J connectivity index is 2.09. The first-order chi connectivity index (χ1) is 8.77. The van der Waals surface area contributed by atoms with Crippen molar-refractivity contribution >= 4 is 11.8 Å². The van der Waals surface area contributed by atoms with Crippen LogP contribution in [0.2, 0.25) is 0 Å². The molecule has 0 N–H and O–H groups in total. The number of aromatic nitrogens is 3. The molecule has 0 amide bonds. The minimum absolute atomic E-state index is 0.00981. The van der Waals surface area contributed by atoms with E-state index in [1.807, 2.05) is 30.1 Å². The minimum atomic E-state index is 0.00981. The van der Waals surface area contributed by atoms with Gasteiger partial charge in [-0.15, -0.1) is 0 Å². The van der Waals surface area contributed by atoms with Crippen LogP contribution in [0.25, 0.3) is 11.4 Å². The number of nitrogens with zero attached hydrogens (tertiary/aromatic N) is 3. The van der Waals surface area contributed by atoms with Crippen LogP contribution in [0.15, 0.2) is 35.5 Å². The predicted octanol–water partition coefficient (Wildman–Crippen LogP) is 1.93. The number of pyridine rings is 1. The van der Waals surface area contributed by atoms with Crippen LogP contribution in [0.1, 0.15) is 12.5 Å². The van der Waals surface area contributed by atoms with Gasteiger partial charge in [0.2, 0.25) is 0 Å². The molecule has 4 nitrogen and oxygen atoms in total. The number of hydrogen-bond acceptors (Lipinski definition) is 3. The molecule has 3 rings (SSSR count). The van der Waals surface area contributed by atoms with E-state index in [9.17, 15) is 4.79 Å². The van der Waals surface area contributed by atoms with Crippen LogP contribution in [0, 0.1) is 0 Å². The Hall–Kier alpha value is -1.49. The van der Waals surface area contributed by atoms with Gasteiger partial charge in [-0.25, -0.2) is 4.98 Å². The largest absolute Gasteiger partial charge is 0.327 e. The number of rotatable bonds is 2. The Bertz CT molecular complexity index is 611. The van der Waals surface area contributed by atoms with Gasteiger partial charge in [0.15, 0.2) is 0 Å². The fraction of sp³-hybridized carbons (Fsp3) is 0.385. The van der Waals surface area contributed by atoms with E-state index in [2.05, 4.69) is 9.55 Å². The molecule has 1 fully saturated rings. The highest BCUT2D eigenvalue weighted by molar-refractivity contribution is 7.99. The number of hydrogen-bond donors (Lipinski definition) is 0. The van der Waals surface area contributed by atoms with Crippen molar-refractivity contribution in [3.05, 3.63) is 41.1 Å². The van der Waals surface area contributed by atoms with Crippen LogP contribution in [0.5, 0.6) is 0 Å². The normalized spacial score (nSPS) is 19.3. The molecule has 3 heterocycles. The lowest BCUT2D eigenvalue weighted by Crippen LogP contribution is -2.20. The zero-order chi connectivity index (χ0) is 12.5. The summed E-state index contributed by atoms with van der Waals surface area (Å²) in [6, 6.07) is 4.21. The SMILES string of the molecule is Cn1cccc(-c2nccn2C2CCSC2)c1=O. The molecular formula is C13H15N3OS. The second-order valence-corrected chi connectivity index (χ2v) is 5.66. The Morgan fingerprint density at radius 2 is 2.33 bits per heavy atom. The summed E-state index contributed by atoms with van der Waals surface area (Å²) in [5, 5.41) is 0. The van der Waals surface area contributed by atoms with Crippen molar-refractivity contribution in [2.24, 2.45) is 7.05 Å². The molecule has 0 saturated carbocycles. The van der Waals surface area contributed by atoms with Gasteiger partial charge in [0, 0.05) is 37.4 Å². The third kappa shape index (κ3) is 1.88. The molecule has 1 aliphatic heterocycles. The molecule has 0 aliphatic carbocycles. The maximum absolute atomic E-state index is 12.1.